The fourth-order valence-electron chi connectivity index (χ4n) is 1.66. The largest absolute Gasteiger partial charge is 0.478 e. The molecule has 78 valence electrons. The molecule has 2 rings (SSSR count). The third-order valence-corrected chi connectivity index (χ3v) is 2.43. The van der Waals surface area contributed by atoms with Crippen molar-refractivity contribution in [2.24, 2.45) is 0 Å². The fourth-order valence-corrected chi connectivity index (χ4v) is 1.66. The summed E-state index contributed by atoms with van der Waals surface area (Å²) >= 11 is 0. The monoisotopic (exact) mass is 207 g/mol. The van der Waals surface area contributed by atoms with Gasteiger partial charge in [0.25, 0.3) is 6.30 Å². The number of aryl methyl sites for hydroxylation is 1. The van der Waals surface area contributed by atoms with Gasteiger partial charge in [-0.25, -0.2) is 9.18 Å². The number of hydrogen-bond donors (Lipinski definition) is 1. The summed E-state index contributed by atoms with van der Waals surface area (Å²) in [5, 5.41) is 9.46. The van der Waals surface area contributed by atoms with Gasteiger partial charge in [0.05, 0.1) is 5.52 Å². The van der Waals surface area contributed by atoms with Gasteiger partial charge in [-0.15, -0.1) is 0 Å². The van der Waals surface area contributed by atoms with E-state index in [0.29, 0.717) is 5.52 Å². The van der Waals surface area contributed by atoms with Gasteiger partial charge in [-0.3, -0.25) is 0 Å². The van der Waals surface area contributed by atoms with Crippen LogP contribution in [0.5, 0.6) is 0 Å². The van der Waals surface area contributed by atoms with Crippen molar-refractivity contribution in [3.8, 4) is 0 Å². The first-order valence-corrected chi connectivity index (χ1v) is 4.54. The summed E-state index contributed by atoms with van der Waals surface area (Å²) in [5.74, 6) is -1.48. The highest BCUT2D eigenvalue weighted by atomic mass is 19.1. The van der Waals surface area contributed by atoms with Crippen LogP contribution in [0.4, 0.5) is 4.39 Å². The zero-order chi connectivity index (χ0) is 11.0. The van der Waals surface area contributed by atoms with Crippen LogP contribution in [-0.2, 0) is 4.79 Å². The van der Waals surface area contributed by atoms with E-state index in [0.717, 1.165) is 15.5 Å². The Morgan fingerprint density at radius 2 is 2.20 bits per heavy atom. The van der Waals surface area contributed by atoms with Crippen LogP contribution >= 0.6 is 0 Å². The highest BCUT2D eigenvalue weighted by molar-refractivity contribution is 5.85. The summed E-state index contributed by atoms with van der Waals surface area (Å²) in [6.45, 7) is 1.90. The van der Waals surface area contributed by atoms with E-state index in [1.807, 2.05) is 13.0 Å². The average Bonchev–Trinajstić information content (AvgIpc) is 2.61. The number of carboxylic acids is 1. The summed E-state index contributed by atoms with van der Waals surface area (Å²) in [6, 6.07) is 7.11. The van der Waals surface area contributed by atoms with E-state index in [1.165, 1.54) is 6.20 Å². The smallest absolute Gasteiger partial charge is 0.359 e. The van der Waals surface area contributed by atoms with Gasteiger partial charge in [-0.2, -0.15) is 0 Å². The maximum atomic E-state index is 13.3. The molecule has 1 aromatic heterocycles. The van der Waals surface area contributed by atoms with E-state index in [1.54, 1.807) is 18.2 Å². The summed E-state index contributed by atoms with van der Waals surface area (Å²) in [7, 11) is 0. The van der Waals surface area contributed by atoms with Gasteiger partial charge < -0.3 is 9.67 Å². The molecule has 4 heteroatoms. The van der Waals surface area contributed by atoms with Crippen molar-refractivity contribution in [2.45, 2.75) is 13.2 Å². The third kappa shape index (κ3) is 1.48. The third-order valence-electron chi connectivity index (χ3n) is 2.43. The molecule has 0 aliphatic rings. The second-order valence-corrected chi connectivity index (χ2v) is 3.40. The molecular formula is C11H10FNO2. The highest BCUT2D eigenvalue weighted by Crippen LogP contribution is 2.23. The lowest BCUT2D eigenvalue weighted by Gasteiger charge is -2.07. The fraction of sp³-hybridized carbons (Fsp3) is 0.182. The minimum Gasteiger partial charge on any atom is -0.478 e. The Labute approximate surface area is 85.7 Å². The molecule has 15 heavy (non-hydrogen) atoms. The van der Waals surface area contributed by atoms with Gasteiger partial charge in [-0.1, -0.05) is 12.1 Å². The molecule has 1 heterocycles. The Morgan fingerprint density at radius 1 is 1.47 bits per heavy atom. The van der Waals surface area contributed by atoms with Gasteiger partial charge in [0.2, 0.25) is 0 Å². The zero-order valence-electron chi connectivity index (χ0n) is 8.14. The van der Waals surface area contributed by atoms with Crippen molar-refractivity contribution in [1.29, 1.82) is 0 Å². The van der Waals surface area contributed by atoms with Crippen molar-refractivity contribution in [3.63, 3.8) is 0 Å². The van der Waals surface area contributed by atoms with Crippen molar-refractivity contribution >= 4 is 16.9 Å². The first kappa shape index (κ1) is 9.71. The molecular weight excluding hydrogens is 197 g/mol. The van der Waals surface area contributed by atoms with E-state index in [9.17, 15) is 9.18 Å². The van der Waals surface area contributed by atoms with Crippen molar-refractivity contribution < 1.29 is 14.3 Å². The standard InChI is InChI=1S/C11H10FNO2/c1-7-3-2-4-9-8(7)5-6-13(9)10(12)11(14)15/h2-6,10H,1H3,(H,14,15). The SMILES string of the molecule is Cc1cccc2c1ccn2C(F)C(=O)O. The number of hydrogen-bond acceptors (Lipinski definition) is 1. The molecule has 1 atom stereocenters. The molecule has 0 bridgehead atoms. The second-order valence-electron chi connectivity index (χ2n) is 3.40. The first-order chi connectivity index (χ1) is 7.11. The Morgan fingerprint density at radius 3 is 2.87 bits per heavy atom. The molecule has 2 aromatic rings. The number of rotatable bonds is 2. The van der Waals surface area contributed by atoms with Gasteiger partial charge in [0.15, 0.2) is 0 Å². The Bertz CT molecular complexity index is 518. The number of aliphatic carboxylic acids is 1. The molecule has 0 radical (unpaired) electrons. The summed E-state index contributed by atoms with van der Waals surface area (Å²) < 4.78 is 14.4. The maximum Gasteiger partial charge on any atom is 0.359 e. The van der Waals surface area contributed by atoms with Crippen LogP contribution in [-0.4, -0.2) is 15.6 Å². The molecule has 0 saturated heterocycles. The molecule has 0 spiro atoms. The summed E-state index contributed by atoms with van der Waals surface area (Å²) in [4.78, 5) is 10.5. The van der Waals surface area contributed by atoms with E-state index >= 15 is 0 Å². The molecule has 0 saturated carbocycles. The first-order valence-electron chi connectivity index (χ1n) is 4.54. The molecule has 0 amide bonds. The van der Waals surface area contributed by atoms with E-state index in [4.69, 9.17) is 5.11 Å². The Kier molecular flexibility index (Phi) is 2.19. The summed E-state index contributed by atoms with van der Waals surface area (Å²) in [6.07, 6.45) is -0.569. The van der Waals surface area contributed by atoms with Crippen molar-refractivity contribution in [1.82, 2.24) is 4.57 Å². The van der Waals surface area contributed by atoms with Crippen molar-refractivity contribution in [3.05, 3.63) is 36.0 Å². The van der Waals surface area contributed by atoms with Crippen LogP contribution < -0.4 is 0 Å². The normalized spacial score (nSPS) is 12.9. The lowest BCUT2D eigenvalue weighted by molar-refractivity contribution is -0.146. The van der Waals surface area contributed by atoms with Crippen LogP contribution in [0, 0.1) is 6.92 Å². The van der Waals surface area contributed by atoms with Crippen LogP contribution in [0.1, 0.15) is 11.9 Å². The predicted molar refractivity (Wildman–Crippen MR) is 54.5 cm³/mol. The molecule has 0 fully saturated rings. The van der Waals surface area contributed by atoms with Crippen LogP contribution in [0.25, 0.3) is 10.9 Å². The number of nitrogens with zero attached hydrogens (tertiary/aromatic N) is 1. The highest BCUT2D eigenvalue weighted by Gasteiger charge is 2.19. The number of carboxylic acid groups (broad SMARTS) is 1. The minimum atomic E-state index is -2.02. The number of fused-ring (bicyclic) bond motifs is 1. The van der Waals surface area contributed by atoms with E-state index in [2.05, 4.69) is 0 Å². The Balaban J connectivity index is 2.64. The quantitative estimate of drug-likeness (QED) is 0.822. The lowest BCUT2D eigenvalue weighted by Crippen LogP contribution is -2.12. The van der Waals surface area contributed by atoms with Crippen molar-refractivity contribution in [2.75, 3.05) is 0 Å². The number of benzene rings is 1. The van der Waals surface area contributed by atoms with E-state index in [-0.39, 0.29) is 0 Å². The lowest BCUT2D eigenvalue weighted by atomic mass is 10.1. The zero-order valence-corrected chi connectivity index (χ0v) is 8.14. The molecule has 0 aliphatic heterocycles. The number of alkyl halides is 1. The topological polar surface area (TPSA) is 42.2 Å². The minimum absolute atomic E-state index is 0.602. The molecule has 1 N–H and O–H groups in total. The average molecular weight is 207 g/mol. The van der Waals surface area contributed by atoms with Gasteiger partial charge >= 0.3 is 5.97 Å². The van der Waals surface area contributed by atoms with Gasteiger partial charge in [0, 0.05) is 11.6 Å². The van der Waals surface area contributed by atoms with Gasteiger partial charge in [-0.05, 0) is 24.6 Å². The predicted octanol–water partition coefficient (Wildman–Crippen LogP) is 2.50. The van der Waals surface area contributed by atoms with Crippen LogP contribution in [0.3, 0.4) is 0 Å². The molecule has 1 unspecified atom stereocenters. The van der Waals surface area contributed by atoms with E-state index < -0.39 is 12.3 Å². The maximum absolute atomic E-state index is 13.3. The molecule has 3 nitrogen and oxygen atoms in total. The molecule has 0 aliphatic carbocycles. The number of halogens is 1. The van der Waals surface area contributed by atoms with Crippen LogP contribution in [0.15, 0.2) is 30.5 Å². The summed E-state index contributed by atoms with van der Waals surface area (Å²) in [5.41, 5.74) is 1.61. The second kappa shape index (κ2) is 3.38. The Hall–Kier alpha value is -1.84. The van der Waals surface area contributed by atoms with Crippen LogP contribution in [0.2, 0.25) is 0 Å². The number of carbonyl (C=O) groups is 1. The van der Waals surface area contributed by atoms with Gasteiger partial charge in [0.1, 0.15) is 0 Å². The molecule has 1 aromatic carbocycles. The number of aromatic nitrogens is 1.